The maximum Gasteiger partial charge on any atom is 0.222 e. The number of aliphatic hydroxyl groups is 1. The van der Waals surface area contributed by atoms with Crippen LogP contribution in [0.15, 0.2) is 23.8 Å². The third-order valence-electron chi connectivity index (χ3n) is 6.96. The van der Waals surface area contributed by atoms with Gasteiger partial charge in [0.1, 0.15) is 0 Å². The van der Waals surface area contributed by atoms with E-state index in [0.717, 1.165) is 44.4 Å². The zero-order chi connectivity index (χ0) is 20.5. The second kappa shape index (κ2) is 11.8. The summed E-state index contributed by atoms with van der Waals surface area (Å²) in [6.45, 7) is 4.57. The van der Waals surface area contributed by atoms with E-state index in [9.17, 15) is 9.90 Å². The van der Waals surface area contributed by atoms with E-state index in [4.69, 9.17) is 0 Å². The van der Waals surface area contributed by atoms with Crippen molar-refractivity contribution in [2.45, 2.75) is 90.6 Å². The van der Waals surface area contributed by atoms with Gasteiger partial charge in [-0.3, -0.25) is 4.79 Å². The van der Waals surface area contributed by atoms with Gasteiger partial charge in [-0.25, -0.2) is 0 Å². The lowest BCUT2D eigenvalue weighted by Crippen LogP contribution is -2.21. The molecular formula is C25H43NO2. The summed E-state index contributed by atoms with van der Waals surface area (Å²) in [6, 6.07) is 0. The Balaban J connectivity index is 1.76. The number of carbonyl (C=O) groups excluding carboxylic acids is 1. The average molecular weight is 390 g/mol. The molecule has 1 saturated carbocycles. The minimum Gasteiger partial charge on any atom is -0.392 e. The summed E-state index contributed by atoms with van der Waals surface area (Å²) in [6.07, 6.45) is 19.3. The van der Waals surface area contributed by atoms with Gasteiger partial charge in [0, 0.05) is 26.4 Å². The summed E-state index contributed by atoms with van der Waals surface area (Å²) in [5.41, 5.74) is 1.56. The molecule has 0 aromatic carbocycles. The molecule has 2 aliphatic rings. The van der Waals surface area contributed by atoms with Crippen LogP contribution in [0, 0.1) is 23.7 Å². The Bertz CT molecular complexity index is 537. The Hall–Kier alpha value is -1.09. The van der Waals surface area contributed by atoms with Crippen molar-refractivity contribution in [3.8, 4) is 0 Å². The van der Waals surface area contributed by atoms with Crippen LogP contribution in [0.5, 0.6) is 0 Å². The fourth-order valence-electron chi connectivity index (χ4n) is 5.05. The van der Waals surface area contributed by atoms with Gasteiger partial charge >= 0.3 is 0 Å². The molecule has 2 rings (SSSR count). The molecule has 0 aliphatic heterocycles. The molecule has 0 bridgehead atoms. The van der Waals surface area contributed by atoms with Gasteiger partial charge in [-0.05, 0) is 56.3 Å². The van der Waals surface area contributed by atoms with E-state index in [2.05, 4.69) is 32.1 Å². The maximum absolute atomic E-state index is 11.7. The van der Waals surface area contributed by atoms with E-state index in [1.54, 1.807) is 10.5 Å². The largest absolute Gasteiger partial charge is 0.392 e. The predicted molar refractivity (Wildman–Crippen MR) is 118 cm³/mol. The lowest BCUT2D eigenvalue weighted by atomic mass is 9.87. The summed E-state index contributed by atoms with van der Waals surface area (Å²) >= 11 is 0. The summed E-state index contributed by atoms with van der Waals surface area (Å²) in [7, 11) is 3.66. The third-order valence-corrected chi connectivity index (χ3v) is 6.96. The molecule has 3 heteroatoms. The number of fused-ring (bicyclic) bond motifs is 1. The molecule has 0 heterocycles. The highest BCUT2D eigenvalue weighted by molar-refractivity contribution is 5.75. The number of hydrogen-bond acceptors (Lipinski definition) is 2. The Kier molecular flexibility index (Phi) is 9.77. The van der Waals surface area contributed by atoms with Gasteiger partial charge in [-0.15, -0.1) is 0 Å². The van der Waals surface area contributed by atoms with Crippen molar-refractivity contribution in [2.75, 3.05) is 14.1 Å². The van der Waals surface area contributed by atoms with Crippen molar-refractivity contribution in [2.24, 2.45) is 23.7 Å². The normalized spacial score (nSPS) is 27.8. The lowest BCUT2D eigenvalue weighted by molar-refractivity contribution is -0.128. The first-order chi connectivity index (χ1) is 13.5. The van der Waals surface area contributed by atoms with E-state index < -0.39 is 0 Å². The molecule has 1 fully saturated rings. The second-order valence-corrected chi connectivity index (χ2v) is 9.31. The van der Waals surface area contributed by atoms with Crippen molar-refractivity contribution < 1.29 is 9.90 Å². The predicted octanol–water partition coefficient (Wildman–Crippen LogP) is 5.74. The summed E-state index contributed by atoms with van der Waals surface area (Å²) in [5.74, 6) is 2.52. The molecule has 0 spiro atoms. The smallest absolute Gasteiger partial charge is 0.222 e. The average Bonchev–Trinajstić information content (AvgIpc) is 3.18. The molecule has 160 valence electrons. The molecule has 0 aromatic heterocycles. The Morgan fingerprint density at radius 3 is 2.75 bits per heavy atom. The Morgan fingerprint density at radius 1 is 1.29 bits per heavy atom. The zero-order valence-electron chi connectivity index (χ0n) is 18.7. The fraction of sp³-hybridized carbons (Fsp3) is 0.800. The van der Waals surface area contributed by atoms with E-state index in [-0.39, 0.29) is 12.0 Å². The number of allylic oxidation sites excluding steroid dienone is 3. The van der Waals surface area contributed by atoms with E-state index >= 15 is 0 Å². The molecule has 3 nitrogen and oxygen atoms in total. The standard InChI is InChI=1S/C25H43NO2/c1-5-7-11-19(6-2)13-10-14-22-23-17-20(16-21(23)18-24(22)27)12-8-9-15-25(28)26(3)4/h10,14,16,19,21-24,27H,5-9,11-13,15,17-18H2,1-4H3/t19-,21-,22+,23-,24+/m0/s1. The highest BCUT2D eigenvalue weighted by Crippen LogP contribution is 2.48. The number of rotatable bonds is 12. The minimum atomic E-state index is -0.169. The van der Waals surface area contributed by atoms with Gasteiger partial charge in [0.05, 0.1) is 6.10 Å². The first-order valence-corrected chi connectivity index (χ1v) is 11.7. The third kappa shape index (κ3) is 6.76. The van der Waals surface area contributed by atoms with Gasteiger partial charge < -0.3 is 10.0 Å². The van der Waals surface area contributed by atoms with Crippen molar-refractivity contribution in [3.63, 3.8) is 0 Å². The van der Waals surface area contributed by atoms with Crippen LogP contribution < -0.4 is 0 Å². The highest BCUT2D eigenvalue weighted by atomic mass is 16.3. The number of unbranched alkanes of at least 4 members (excludes halogenated alkanes) is 2. The molecule has 1 amide bonds. The van der Waals surface area contributed by atoms with Crippen LogP contribution in [0.25, 0.3) is 0 Å². The van der Waals surface area contributed by atoms with Crippen LogP contribution in [0.4, 0.5) is 0 Å². The van der Waals surface area contributed by atoms with E-state index in [0.29, 0.717) is 24.2 Å². The van der Waals surface area contributed by atoms with Crippen LogP contribution in [0.1, 0.15) is 84.5 Å². The summed E-state index contributed by atoms with van der Waals surface area (Å²) < 4.78 is 0. The van der Waals surface area contributed by atoms with Crippen LogP contribution >= 0.6 is 0 Å². The Morgan fingerprint density at radius 2 is 2.07 bits per heavy atom. The quantitative estimate of drug-likeness (QED) is 0.341. The molecule has 0 radical (unpaired) electrons. The first kappa shape index (κ1) is 23.2. The van der Waals surface area contributed by atoms with Crippen molar-refractivity contribution in [3.05, 3.63) is 23.8 Å². The second-order valence-electron chi connectivity index (χ2n) is 9.31. The van der Waals surface area contributed by atoms with Gasteiger partial charge in [-0.1, -0.05) is 63.3 Å². The fourth-order valence-corrected chi connectivity index (χ4v) is 5.05. The van der Waals surface area contributed by atoms with Crippen molar-refractivity contribution in [1.29, 1.82) is 0 Å². The van der Waals surface area contributed by atoms with E-state index in [1.165, 1.54) is 25.7 Å². The molecule has 0 aromatic rings. The topological polar surface area (TPSA) is 40.5 Å². The van der Waals surface area contributed by atoms with Crippen LogP contribution in [0.3, 0.4) is 0 Å². The molecule has 0 saturated heterocycles. The van der Waals surface area contributed by atoms with Crippen LogP contribution in [-0.4, -0.2) is 36.1 Å². The Labute approximate surface area is 173 Å². The molecule has 0 unspecified atom stereocenters. The first-order valence-electron chi connectivity index (χ1n) is 11.7. The zero-order valence-corrected chi connectivity index (χ0v) is 18.7. The monoisotopic (exact) mass is 389 g/mol. The number of nitrogens with zero attached hydrogens (tertiary/aromatic N) is 1. The van der Waals surface area contributed by atoms with Crippen molar-refractivity contribution in [1.82, 2.24) is 4.90 Å². The number of aliphatic hydroxyl groups excluding tert-OH is 1. The van der Waals surface area contributed by atoms with Crippen LogP contribution in [0.2, 0.25) is 0 Å². The lowest BCUT2D eigenvalue weighted by Gasteiger charge is -2.19. The molecule has 1 N–H and O–H groups in total. The molecular weight excluding hydrogens is 346 g/mol. The van der Waals surface area contributed by atoms with Gasteiger partial charge in [0.25, 0.3) is 0 Å². The number of amides is 1. The summed E-state index contributed by atoms with van der Waals surface area (Å²) in [4.78, 5) is 13.4. The SMILES string of the molecule is CCCC[C@H](CC)CC=C[C@@H]1[C@H]2CC(CCCCC(=O)N(C)C)=C[C@H]2C[C@H]1O. The van der Waals surface area contributed by atoms with Gasteiger partial charge in [0.15, 0.2) is 0 Å². The molecule has 5 atom stereocenters. The van der Waals surface area contributed by atoms with Gasteiger partial charge in [-0.2, -0.15) is 0 Å². The molecule has 2 aliphatic carbocycles. The summed E-state index contributed by atoms with van der Waals surface area (Å²) in [5, 5.41) is 10.5. The van der Waals surface area contributed by atoms with Crippen LogP contribution in [-0.2, 0) is 4.79 Å². The number of carbonyl (C=O) groups is 1. The molecule has 28 heavy (non-hydrogen) atoms. The maximum atomic E-state index is 11.7. The van der Waals surface area contributed by atoms with Gasteiger partial charge in [0.2, 0.25) is 5.91 Å². The highest BCUT2D eigenvalue weighted by Gasteiger charge is 2.43. The number of hydrogen-bond donors (Lipinski definition) is 1. The van der Waals surface area contributed by atoms with E-state index in [1.807, 2.05) is 14.1 Å². The van der Waals surface area contributed by atoms with Crippen molar-refractivity contribution >= 4 is 5.91 Å². The minimum absolute atomic E-state index is 0.169.